The molecule has 0 aromatic carbocycles. The number of nitrogens with one attached hydrogen (secondary N) is 1. The summed E-state index contributed by atoms with van der Waals surface area (Å²) in [6.45, 7) is 4.47. The van der Waals surface area contributed by atoms with E-state index in [9.17, 15) is 18.0 Å². The smallest absolute Gasteiger partial charge is 0.338 e. The van der Waals surface area contributed by atoms with Gasteiger partial charge in [0, 0.05) is 44.6 Å². The van der Waals surface area contributed by atoms with E-state index in [0.717, 1.165) is 18.3 Å². The molecule has 2 rings (SSSR count). The molecule has 2 heterocycles. The lowest BCUT2D eigenvalue weighted by atomic mass is 10.3. The number of hydrogen-bond acceptors (Lipinski definition) is 4. The molecule has 0 aliphatic rings. The number of nitrogens with zero attached hydrogens (tertiary/aromatic N) is 5. The van der Waals surface area contributed by atoms with E-state index in [1.807, 2.05) is 18.5 Å². The molecule has 0 atom stereocenters. The van der Waals surface area contributed by atoms with Crippen molar-refractivity contribution in [3.8, 4) is 0 Å². The number of hydrogen-bond donors (Lipinski definition) is 1. The van der Waals surface area contributed by atoms with Crippen molar-refractivity contribution in [2.24, 2.45) is 7.05 Å². The lowest BCUT2D eigenvalue weighted by molar-refractivity contribution is -0.141. The van der Waals surface area contributed by atoms with Crippen molar-refractivity contribution in [2.45, 2.75) is 39.4 Å². The number of urea groups is 1. The van der Waals surface area contributed by atoms with Crippen LogP contribution in [0.3, 0.4) is 0 Å². The molecule has 148 valence electrons. The van der Waals surface area contributed by atoms with Gasteiger partial charge in [0.2, 0.25) is 0 Å². The largest absolute Gasteiger partial charge is 0.433 e. The molecule has 0 saturated heterocycles. The SMILES string of the molecule is CCCN(Cc1nccn1C)C(=O)NCCc1nc(C)cc(C(F)(F)F)n1. The monoisotopic (exact) mass is 384 g/mol. The maximum absolute atomic E-state index is 12.8. The Morgan fingerprint density at radius 3 is 2.67 bits per heavy atom. The van der Waals surface area contributed by atoms with Crippen LogP contribution in [0.1, 0.15) is 36.4 Å². The van der Waals surface area contributed by atoms with E-state index in [-0.39, 0.29) is 30.5 Å². The lowest BCUT2D eigenvalue weighted by Crippen LogP contribution is -2.41. The van der Waals surface area contributed by atoms with Gasteiger partial charge in [-0.05, 0) is 19.4 Å². The number of aryl methyl sites for hydroxylation is 2. The van der Waals surface area contributed by atoms with E-state index in [1.54, 1.807) is 17.3 Å². The second kappa shape index (κ2) is 8.83. The number of amides is 2. The maximum atomic E-state index is 12.8. The van der Waals surface area contributed by atoms with E-state index < -0.39 is 11.9 Å². The standard InChI is InChI=1S/C17H23F3N6O/c1-4-8-26(11-15-21-7-9-25(15)3)16(27)22-6-5-14-23-12(2)10-13(24-14)17(18,19)20/h7,9-10H,4-6,8,11H2,1-3H3,(H,22,27). The van der Waals surface area contributed by atoms with Crippen LogP contribution in [0, 0.1) is 6.92 Å². The average molecular weight is 384 g/mol. The molecule has 0 spiro atoms. The third-order valence-corrected chi connectivity index (χ3v) is 3.85. The molecule has 2 amide bonds. The van der Waals surface area contributed by atoms with E-state index >= 15 is 0 Å². The zero-order valence-corrected chi connectivity index (χ0v) is 15.5. The number of aromatic nitrogens is 4. The second-order valence-electron chi connectivity index (χ2n) is 6.17. The fourth-order valence-electron chi connectivity index (χ4n) is 2.52. The van der Waals surface area contributed by atoms with Crippen molar-refractivity contribution in [3.05, 3.63) is 41.5 Å². The number of alkyl halides is 3. The van der Waals surface area contributed by atoms with Crippen LogP contribution in [0.25, 0.3) is 0 Å². The topological polar surface area (TPSA) is 75.9 Å². The number of carbonyl (C=O) groups excluding carboxylic acids is 1. The molecule has 0 bridgehead atoms. The molecule has 0 saturated carbocycles. The molecular formula is C17H23F3N6O. The van der Waals surface area contributed by atoms with Crippen molar-refractivity contribution >= 4 is 6.03 Å². The molecule has 0 radical (unpaired) electrons. The maximum Gasteiger partial charge on any atom is 0.433 e. The summed E-state index contributed by atoms with van der Waals surface area (Å²) in [5.41, 5.74) is -0.736. The first-order valence-electron chi connectivity index (χ1n) is 8.61. The molecule has 0 unspecified atom stereocenters. The summed E-state index contributed by atoms with van der Waals surface area (Å²) in [5.74, 6) is 0.796. The summed E-state index contributed by atoms with van der Waals surface area (Å²) in [6, 6.07) is 0.598. The summed E-state index contributed by atoms with van der Waals surface area (Å²) in [6.07, 6.45) is -0.187. The summed E-state index contributed by atoms with van der Waals surface area (Å²) in [5, 5.41) is 2.71. The van der Waals surface area contributed by atoms with Gasteiger partial charge in [-0.3, -0.25) is 0 Å². The van der Waals surface area contributed by atoms with Crippen molar-refractivity contribution < 1.29 is 18.0 Å². The van der Waals surface area contributed by atoms with Gasteiger partial charge in [-0.1, -0.05) is 6.92 Å². The van der Waals surface area contributed by atoms with Gasteiger partial charge in [0.25, 0.3) is 0 Å². The second-order valence-corrected chi connectivity index (χ2v) is 6.17. The molecule has 27 heavy (non-hydrogen) atoms. The summed E-state index contributed by atoms with van der Waals surface area (Å²) < 4.78 is 40.3. The number of rotatable bonds is 7. The van der Waals surface area contributed by atoms with Gasteiger partial charge < -0.3 is 14.8 Å². The zero-order chi connectivity index (χ0) is 20.0. The first-order valence-corrected chi connectivity index (χ1v) is 8.61. The lowest BCUT2D eigenvalue weighted by Gasteiger charge is -2.22. The Bertz CT molecular complexity index is 774. The van der Waals surface area contributed by atoms with Crippen molar-refractivity contribution in [3.63, 3.8) is 0 Å². The average Bonchev–Trinajstić information content (AvgIpc) is 2.98. The number of imidazole rings is 1. The molecule has 0 fully saturated rings. The van der Waals surface area contributed by atoms with Crippen molar-refractivity contribution in [2.75, 3.05) is 13.1 Å². The molecular weight excluding hydrogens is 361 g/mol. The molecule has 7 nitrogen and oxygen atoms in total. The fourth-order valence-corrected chi connectivity index (χ4v) is 2.52. The van der Waals surface area contributed by atoms with Gasteiger partial charge in [-0.25, -0.2) is 19.7 Å². The Morgan fingerprint density at radius 2 is 2.07 bits per heavy atom. The normalized spacial score (nSPS) is 11.5. The predicted octanol–water partition coefficient (Wildman–Crippen LogP) is 2.70. The first-order chi connectivity index (χ1) is 12.7. The minimum absolute atomic E-state index is 0.0498. The Labute approximate surface area is 155 Å². The van der Waals surface area contributed by atoms with Gasteiger partial charge in [-0.15, -0.1) is 0 Å². The number of carbonyl (C=O) groups is 1. The minimum Gasteiger partial charge on any atom is -0.338 e. The van der Waals surface area contributed by atoms with Crippen LogP contribution in [-0.2, 0) is 26.2 Å². The van der Waals surface area contributed by atoms with Crippen LogP contribution in [-0.4, -0.2) is 43.5 Å². The molecule has 2 aromatic heterocycles. The molecule has 1 N–H and O–H groups in total. The van der Waals surface area contributed by atoms with Crippen LogP contribution in [0.5, 0.6) is 0 Å². The third kappa shape index (κ3) is 5.93. The van der Waals surface area contributed by atoms with Crippen LogP contribution >= 0.6 is 0 Å². The minimum atomic E-state index is -4.52. The van der Waals surface area contributed by atoms with Crippen LogP contribution in [0.4, 0.5) is 18.0 Å². The fraction of sp³-hybridized carbons (Fsp3) is 0.529. The van der Waals surface area contributed by atoms with Crippen LogP contribution < -0.4 is 5.32 Å². The van der Waals surface area contributed by atoms with E-state index in [4.69, 9.17) is 0 Å². The number of halogens is 3. The van der Waals surface area contributed by atoms with Gasteiger partial charge in [0.05, 0.1) is 6.54 Å². The highest BCUT2D eigenvalue weighted by Gasteiger charge is 2.33. The molecule has 0 aliphatic carbocycles. The van der Waals surface area contributed by atoms with E-state index in [2.05, 4.69) is 20.3 Å². The Morgan fingerprint density at radius 1 is 1.33 bits per heavy atom. The molecule has 0 aliphatic heterocycles. The molecule has 2 aromatic rings. The Hall–Kier alpha value is -2.65. The third-order valence-electron chi connectivity index (χ3n) is 3.85. The Balaban J connectivity index is 1.95. The van der Waals surface area contributed by atoms with Gasteiger partial charge >= 0.3 is 12.2 Å². The first kappa shape index (κ1) is 20.7. The van der Waals surface area contributed by atoms with Crippen molar-refractivity contribution in [1.29, 1.82) is 0 Å². The summed E-state index contributed by atoms with van der Waals surface area (Å²) in [7, 11) is 1.84. The van der Waals surface area contributed by atoms with Crippen LogP contribution in [0.15, 0.2) is 18.5 Å². The van der Waals surface area contributed by atoms with E-state index in [1.165, 1.54) is 6.92 Å². The zero-order valence-electron chi connectivity index (χ0n) is 15.5. The van der Waals surface area contributed by atoms with Crippen molar-refractivity contribution in [1.82, 2.24) is 29.7 Å². The quantitative estimate of drug-likeness (QED) is 0.796. The highest BCUT2D eigenvalue weighted by molar-refractivity contribution is 5.74. The molecule has 10 heteroatoms. The highest BCUT2D eigenvalue weighted by atomic mass is 19.4. The van der Waals surface area contributed by atoms with Gasteiger partial charge in [0.1, 0.15) is 17.3 Å². The summed E-state index contributed by atoms with van der Waals surface area (Å²) >= 11 is 0. The van der Waals surface area contributed by atoms with E-state index in [0.29, 0.717) is 13.1 Å². The summed E-state index contributed by atoms with van der Waals surface area (Å²) in [4.78, 5) is 25.8. The van der Waals surface area contributed by atoms with Gasteiger partial charge in [0.15, 0.2) is 0 Å². The van der Waals surface area contributed by atoms with Gasteiger partial charge in [-0.2, -0.15) is 13.2 Å². The predicted molar refractivity (Wildman–Crippen MR) is 92.8 cm³/mol. The van der Waals surface area contributed by atoms with Crippen LogP contribution in [0.2, 0.25) is 0 Å². The highest BCUT2D eigenvalue weighted by Crippen LogP contribution is 2.27. The Kier molecular flexibility index (Phi) is 6.75.